The van der Waals surface area contributed by atoms with E-state index in [4.69, 9.17) is 4.55 Å². The molecule has 0 spiro atoms. The molecule has 1 heterocycles. The van der Waals surface area contributed by atoms with E-state index in [0.29, 0.717) is 0 Å². The molecule has 6 heteroatoms. The summed E-state index contributed by atoms with van der Waals surface area (Å²) >= 11 is 0. The first-order chi connectivity index (χ1) is 7.94. The summed E-state index contributed by atoms with van der Waals surface area (Å²) in [4.78, 5) is 4.24. The number of pyridine rings is 1. The molecule has 0 aliphatic heterocycles. The zero-order valence-electron chi connectivity index (χ0n) is 9.49. The molecule has 0 amide bonds. The minimum absolute atomic E-state index is 0.870. The number of benzene rings is 1. The minimum Gasteiger partial charge on any atom is -0.264 e. The summed E-state index contributed by atoms with van der Waals surface area (Å²) < 4.78 is 29.7. The summed E-state index contributed by atoms with van der Waals surface area (Å²) in [5.74, 6) is 0. The number of hydrogen-bond acceptors (Lipinski definition) is 4. The number of hydrogen-bond donors (Lipinski definition) is 1. The van der Waals surface area contributed by atoms with E-state index in [2.05, 4.69) is 28.2 Å². The highest BCUT2D eigenvalue weighted by atomic mass is 32.3. The van der Waals surface area contributed by atoms with Crippen LogP contribution in [0.3, 0.4) is 0 Å². The van der Waals surface area contributed by atoms with Crippen molar-refractivity contribution in [2.45, 2.75) is 6.92 Å². The van der Waals surface area contributed by atoms with Crippen molar-refractivity contribution >= 4 is 21.3 Å². The van der Waals surface area contributed by atoms with Gasteiger partial charge >= 0.3 is 10.4 Å². The zero-order chi connectivity index (χ0) is 12.9. The van der Waals surface area contributed by atoms with Gasteiger partial charge in [0.05, 0.1) is 12.6 Å². The van der Waals surface area contributed by atoms with Gasteiger partial charge in [-0.1, -0.05) is 18.2 Å². The lowest BCUT2D eigenvalue weighted by Crippen LogP contribution is -1.96. The fourth-order valence-corrected chi connectivity index (χ4v) is 1.26. The van der Waals surface area contributed by atoms with Crippen LogP contribution >= 0.6 is 0 Å². The highest BCUT2D eigenvalue weighted by Crippen LogP contribution is 2.14. The van der Waals surface area contributed by atoms with E-state index in [1.807, 2.05) is 24.4 Å². The third kappa shape index (κ3) is 4.48. The van der Waals surface area contributed by atoms with Gasteiger partial charge in [0, 0.05) is 11.6 Å². The maximum absolute atomic E-state index is 9.33. The van der Waals surface area contributed by atoms with Crippen LogP contribution in [0.4, 0.5) is 0 Å². The first-order valence-corrected chi connectivity index (χ1v) is 6.14. The van der Waals surface area contributed by atoms with Crippen molar-refractivity contribution in [3.63, 3.8) is 0 Å². The molecule has 0 aliphatic rings. The molecule has 5 nitrogen and oxygen atoms in total. The second-order valence-corrected chi connectivity index (χ2v) is 4.43. The van der Waals surface area contributed by atoms with Crippen LogP contribution < -0.4 is 0 Å². The van der Waals surface area contributed by atoms with E-state index in [9.17, 15) is 8.42 Å². The zero-order valence-corrected chi connectivity index (χ0v) is 10.3. The van der Waals surface area contributed by atoms with Crippen LogP contribution in [-0.4, -0.2) is 25.1 Å². The Morgan fingerprint density at radius 2 is 1.88 bits per heavy atom. The van der Waals surface area contributed by atoms with Gasteiger partial charge in [-0.05, 0) is 24.6 Å². The van der Waals surface area contributed by atoms with Crippen molar-refractivity contribution in [2.24, 2.45) is 0 Å². The normalized spacial score (nSPS) is 10.8. The van der Waals surface area contributed by atoms with Gasteiger partial charge in [0.25, 0.3) is 0 Å². The van der Waals surface area contributed by atoms with Crippen LogP contribution in [-0.2, 0) is 14.6 Å². The molecule has 0 unspecified atom stereocenters. The number of aromatic nitrogens is 1. The number of nitrogens with zero attached hydrogens (tertiary/aromatic N) is 1. The molecule has 0 saturated heterocycles. The molecule has 17 heavy (non-hydrogen) atoms. The first-order valence-electron chi connectivity index (χ1n) is 4.77. The Hall–Kier alpha value is -1.50. The highest BCUT2D eigenvalue weighted by molar-refractivity contribution is 7.80. The van der Waals surface area contributed by atoms with E-state index in [-0.39, 0.29) is 0 Å². The molecule has 0 aliphatic carbocycles. The Labute approximate surface area is 100 Å². The molecule has 2 aromatic rings. The average molecular weight is 255 g/mol. The van der Waals surface area contributed by atoms with Gasteiger partial charge in [0.15, 0.2) is 0 Å². The van der Waals surface area contributed by atoms with Gasteiger partial charge in [-0.3, -0.25) is 13.7 Å². The Balaban J connectivity index is 0.000000209. The predicted molar refractivity (Wildman–Crippen MR) is 65.0 cm³/mol. The number of rotatable bonds is 1. The van der Waals surface area contributed by atoms with Gasteiger partial charge in [0.2, 0.25) is 0 Å². The highest BCUT2D eigenvalue weighted by Gasteiger charge is 1.94. The lowest BCUT2D eigenvalue weighted by atomic mass is 10.1. The summed E-state index contributed by atoms with van der Waals surface area (Å²) in [5, 5.41) is 1.25. The lowest BCUT2D eigenvalue weighted by Gasteiger charge is -1.97. The first kappa shape index (κ1) is 13.6. The number of fused-ring (bicyclic) bond motifs is 1. The van der Waals surface area contributed by atoms with Crippen molar-refractivity contribution in [1.82, 2.24) is 4.98 Å². The van der Waals surface area contributed by atoms with Gasteiger partial charge < -0.3 is 0 Å². The molecule has 0 fully saturated rings. The Morgan fingerprint density at radius 1 is 1.24 bits per heavy atom. The van der Waals surface area contributed by atoms with Crippen LogP contribution in [0.5, 0.6) is 0 Å². The standard InChI is InChI=1S/C10H9N.CH4O4S/c1-8-4-2-6-10-9(8)5-3-7-11-10;1-5-6(2,3)4/h2-7H,1H3;1H3,(H,2,3,4). The summed E-state index contributed by atoms with van der Waals surface area (Å²) in [6, 6.07) is 10.2. The van der Waals surface area contributed by atoms with Crippen LogP contribution in [0, 0.1) is 6.92 Å². The molecule has 92 valence electrons. The summed E-state index contributed by atoms with van der Waals surface area (Å²) in [6.07, 6.45) is 1.82. The van der Waals surface area contributed by atoms with Crippen LogP contribution in [0.25, 0.3) is 10.9 Å². The van der Waals surface area contributed by atoms with Crippen molar-refractivity contribution in [1.29, 1.82) is 0 Å². The van der Waals surface area contributed by atoms with Gasteiger partial charge in [-0.15, -0.1) is 0 Å². The van der Waals surface area contributed by atoms with Gasteiger partial charge in [0.1, 0.15) is 0 Å². The maximum Gasteiger partial charge on any atom is 0.397 e. The Morgan fingerprint density at radius 3 is 2.41 bits per heavy atom. The third-order valence-electron chi connectivity index (χ3n) is 2.07. The van der Waals surface area contributed by atoms with Crippen LogP contribution in [0.1, 0.15) is 5.56 Å². The molecule has 0 saturated carbocycles. The quantitative estimate of drug-likeness (QED) is 0.788. The molecule has 1 N–H and O–H groups in total. The Bertz CT molecular complexity index is 590. The predicted octanol–water partition coefficient (Wildman–Crippen LogP) is 1.98. The van der Waals surface area contributed by atoms with E-state index in [0.717, 1.165) is 12.6 Å². The van der Waals surface area contributed by atoms with E-state index < -0.39 is 10.4 Å². The van der Waals surface area contributed by atoms with E-state index in [1.165, 1.54) is 10.9 Å². The molecule has 0 radical (unpaired) electrons. The van der Waals surface area contributed by atoms with Crippen molar-refractivity contribution < 1.29 is 17.2 Å². The lowest BCUT2D eigenvalue weighted by molar-refractivity contribution is 0.324. The SMILES string of the molecule is COS(=O)(=O)O.Cc1cccc2ncccc12. The molecule has 0 bridgehead atoms. The smallest absolute Gasteiger partial charge is 0.264 e. The molecule has 0 atom stereocenters. The third-order valence-corrected chi connectivity index (χ3v) is 2.50. The number of aryl methyl sites for hydroxylation is 1. The monoisotopic (exact) mass is 255 g/mol. The van der Waals surface area contributed by atoms with Crippen LogP contribution in [0.2, 0.25) is 0 Å². The van der Waals surface area contributed by atoms with E-state index in [1.54, 1.807) is 0 Å². The summed E-state index contributed by atoms with van der Waals surface area (Å²) in [7, 11) is -3.29. The van der Waals surface area contributed by atoms with Crippen molar-refractivity contribution in [2.75, 3.05) is 7.11 Å². The maximum atomic E-state index is 9.33. The summed E-state index contributed by atoms with van der Waals surface area (Å²) in [6.45, 7) is 2.10. The molecular formula is C11H13NO4S. The largest absolute Gasteiger partial charge is 0.397 e. The fourth-order valence-electron chi connectivity index (χ4n) is 1.26. The second-order valence-electron chi connectivity index (χ2n) is 3.24. The van der Waals surface area contributed by atoms with Crippen LogP contribution in [0.15, 0.2) is 36.5 Å². The Kier molecular flexibility index (Phi) is 4.56. The second kappa shape index (κ2) is 5.72. The topological polar surface area (TPSA) is 76.5 Å². The molecular weight excluding hydrogens is 242 g/mol. The summed E-state index contributed by atoms with van der Waals surface area (Å²) in [5.41, 5.74) is 2.36. The fraction of sp³-hybridized carbons (Fsp3) is 0.182. The average Bonchev–Trinajstić information content (AvgIpc) is 2.30. The molecule has 2 rings (SSSR count). The minimum atomic E-state index is -4.16. The van der Waals surface area contributed by atoms with Crippen molar-refractivity contribution in [3.8, 4) is 0 Å². The van der Waals surface area contributed by atoms with Gasteiger partial charge in [-0.2, -0.15) is 8.42 Å². The van der Waals surface area contributed by atoms with Crippen molar-refractivity contribution in [3.05, 3.63) is 42.1 Å². The van der Waals surface area contributed by atoms with Gasteiger partial charge in [-0.25, -0.2) is 0 Å². The van der Waals surface area contributed by atoms with E-state index >= 15 is 0 Å². The molecule has 1 aromatic heterocycles. The molecule has 1 aromatic carbocycles.